The summed E-state index contributed by atoms with van der Waals surface area (Å²) in [5, 5.41) is 7.54. The van der Waals surface area contributed by atoms with Crippen molar-refractivity contribution in [2.24, 2.45) is 0 Å². The standard InChI is InChI=1S/C14H23N5O3/c1-3-4-5-6-7-16-14(22)12-17-8-10(19-12)13(21)18-9-11(20)15-2/h8H,3-7,9H2,1-2H3,(H,15,20)(H,16,22)(H,17,19)(H,18,21). The Labute approximate surface area is 129 Å². The number of unbranched alkanes of at least 4 members (excludes halogenated alkanes) is 3. The zero-order valence-corrected chi connectivity index (χ0v) is 13.0. The highest BCUT2D eigenvalue weighted by molar-refractivity contribution is 5.97. The van der Waals surface area contributed by atoms with Crippen molar-refractivity contribution in [2.45, 2.75) is 32.6 Å². The third kappa shape index (κ3) is 5.94. The van der Waals surface area contributed by atoms with E-state index in [1.54, 1.807) is 0 Å². The Kier molecular flexibility index (Phi) is 7.66. The Hall–Kier alpha value is -2.38. The number of rotatable bonds is 9. The molecule has 0 radical (unpaired) electrons. The number of carbonyl (C=O) groups excluding carboxylic acids is 3. The second-order valence-electron chi connectivity index (χ2n) is 4.82. The Morgan fingerprint density at radius 2 is 1.91 bits per heavy atom. The molecule has 0 spiro atoms. The topological polar surface area (TPSA) is 116 Å². The van der Waals surface area contributed by atoms with Crippen LogP contribution in [0.4, 0.5) is 0 Å². The van der Waals surface area contributed by atoms with Gasteiger partial charge in [0.2, 0.25) is 5.91 Å². The van der Waals surface area contributed by atoms with E-state index >= 15 is 0 Å². The van der Waals surface area contributed by atoms with Gasteiger partial charge in [-0.3, -0.25) is 14.4 Å². The number of likely N-dealkylation sites (N-methyl/N-ethyl adjacent to an activating group) is 1. The fourth-order valence-electron chi connectivity index (χ4n) is 1.73. The van der Waals surface area contributed by atoms with E-state index in [0.717, 1.165) is 25.7 Å². The Bertz CT molecular complexity index is 512. The van der Waals surface area contributed by atoms with Crippen LogP contribution in [-0.4, -0.2) is 47.8 Å². The minimum atomic E-state index is -0.488. The van der Waals surface area contributed by atoms with Crippen LogP contribution in [0, 0.1) is 0 Å². The third-order valence-electron chi connectivity index (χ3n) is 3.04. The monoisotopic (exact) mass is 309 g/mol. The van der Waals surface area contributed by atoms with E-state index in [-0.39, 0.29) is 29.9 Å². The molecule has 122 valence electrons. The SMILES string of the molecule is CCCCCCNC(=O)c1ncc(C(=O)NCC(=O)NC)[nH]1. The molecule has 0 aliphatic carbocycles. The van der Waals surface area contributed by atoms with E-state index in [9.17, 15) is 14.4 Å². The fourth-order valence-corrected chi connectivity index (χ4v) is 1.73. The molecule has 0 bridgehead atoms. The fraction of sp³-hybridized carbons (Fsp3) is 0.571. The van der Waals surface area contributed by atoms with Crippen LogP contribution in [-0.2, 0) is 4.79 Å². The first-order valence-corrected chi connectivity index (χ1v) is 7.40. The van der Waals surface area contributed by atoms with E-state index < -0.39 is 5.91 Å². The first-order valence-electron chi connectivity index (χ1n) is 7.40. The zero-order chi connectivity index (χ0) is 16.4. The lowest BCUT2D eigenvalue weighted by Gasteiger charge is -2.03. The maximum atomic E-state index is 11.8. The van der Waals surface area contributed by atoms with Crippen LogP contribution in [0.15, 0.2) is 6.20 Å². The largest absolute Gasteiger partial charge is 0.358 e. The number of carbonyl (C=O) groups is 3. The molecule has 1 heterocycles. The quantitative estimate of drug-likeness (QED) is 0.487. The van der Waals surface area contributed by atoms with Gasteiger partial charge in [0.25, 0.3) is 11.8 Å². The van der Waals surface area contributed by atoms with Crippen LogP contribution >= 0.6 is 0 Å². The van der Waals surface area contributed by atoms with Crippen LogP contribution < -0.4 is 16.0 Å². The summed E-state index contributed by atoms with van der Waals surface area (Å²) in [6.07, 6.45) is 5.54. The second-order valence-corrected chi connectivity index (χ2v) is 4.82. The van der Waals surface area contributed by atoms with Crippen molar-refractivity contribution in [3.63, 3.8) is 0 Å². The van der Waals surface area contributed by atoms with Gasteiger partial charge in [0.05, 0.1) is 12.7 Å². The summed E-state index contributed by atoms with van der Waals surface area (Å²) in [6.45, 7) is 2.57. The van der Waals surface area contributed by atoms with Gasteiger partial charge in [0.15, 0.2) is 5.82 Å². The van der Waals surface area contributed by atoms with Crippen LogP contribution in [0.1, 0.15) is 53.7 Å². The first-order chi connectivity index (χ1) is 10.6. The molecular weight excluding hydrogens is 286 g/mol. The molecular formula is C14H23N5O3. The number of nitrogens with zero attached hydrogens (tertiary/aromatic N) is 1. The summed E-state index contributed by atoms with van der Waals surface area (Å²) in [6, 6.07) is 0. The van der Waals surface area contributed by atoms with Crippen molar-refractivity contribution in [2.75, 3.05) is 20.1 Å². The Balaban J connectivity index is 2.40. The molecule has 0 fully saturated rings. The summed E-state index contributed by atoms with van der Waals surface area (Å²) in [5.74, 6) is -1.06. The number of amides is 3. The van der Waals surface area contributed by atoms with Gasteiger partial charge in [0, 0.05) is 13.6 Å². The number of imidazole rings is 1. The average molecular weight is 309 g/mol. The summed E-state index contributed by atoms with van der Waals surface area (Å²) >= 11 is 0. The van der Waals surface area contributed by atoms with Crippen LogP contribution in [0.3, 0.4) is 0 Å². The van der Waals surface area contributed by atoms with E-state index in [0.29, 0.717) is 6.54 Å². The molecule has 0 unspecified atom stereocenters. The van der Waals surface area contributed by atoms with Crippen molar-refractivity contribution >= 4 is 17.7 Å². The molecule has 1 rings (SSSR count). The van der Waals surface area contributed by atoms with Gasteiger partial charge >= 0.3 is 0 Å². The summed E-state index contributed by atoms with van der Waals surface area (Å²) in [5.41, 5.74) is 0.139. The molecule has 3 amide bonds. The number of hydrogen-bond donors (Lipinski definition) is 4. The highest BCUT2D eigenvalue weighted by Crippen LogP contribution is 1.99. The minimum Gasteiger partial charge on any atom is -0.358 e. The molecule has 1 aromatic heterocycles. The van der Waals surface area contributed by atoms with Gasteiger partial charge in [-0.25, -0.2) is 4.98 Å². The molecule has 0 aromatic carbocycles. The predicted octanol–water partition coefficient (Wildman–Crippen LogP) is 0.196. The number of H-pyrrole nitrogens is 1. The minimum absolute atomic E-state index is 0.0839. The third-order valence-corrected chi connectivity index (χ3v) is 3.04. The Morgan fingerprint density at radius 3 is 2.59 bits per heavy atom. The molecule has 8 heteroatoms. The van der Waals surface area contributed by atoms with Crippen LogP contribution in [0.2, 0.25) is 0 Å². The molecule has 1 aromatic rings. The van der Waals surface area contributed by atoms with Gasteiger partial charge in [-0.15, -0.1) is 0 Å². The average Bonchev–Trinajstić information content (AvgIpc) is 3.02. The van der Waals surface area contributed by atoms with Gasteiger partial charge < -0.3 is 20.9 Å². The number of aromatic amines is 1. The molecule has 22 heavy (non-hydrogen) atoms. The summed E-state index contributed by atoms with van der Waals surface area (Å²) in [4.78, 5) is 41.1. The van der Waals surface area contributed by atoms with Crippen molar-refractivity contribution in [1.29, 1.82) is 0 Å². The van der Waals surface area contributed by atoms with Crippen molar-refractivity contribution < 1.29 is 14.4 Å². The lowest BCUT2D eigenvalue weighted by Crippen LogP contribution is -2.35. The zero-order valence-electron chi connectivity index (χ0n) is 13.0. The molecule has 0 aliphatic heterocycles. The van der Waals surface area contributed by atoms with E-state index in [2.05, 4.69) is 32.8 Å². The number of nitrogens with one attached hydrogen (secondary N) is 4. The van der Waals surface area contributed by atoms with Gasteiger partial charge in [-0.1, -0.05) is 26.2 Å². The van der Waals surface area contributed by atoms with Crippen molar-refractivity contribution in [3.05, 3.63) is 17.7 Å². The lowest BCUT2D eigenvalue weighted by molar-refractivity contribution is -0.119. The first kappa shape index (κ1) is 17.7. The molecule has 0 aliphatic rings. The van der Waals surface area contributed by atoms with Crippen molar-refractivity contribution in [3.8, 4) is 0 Å². The molecule has 0 atom stereocenters. The predicted molar refractivity (Wildman–Crippen MR) is 81.5 cm³/mol. The van der Waals surface area contributed by atoms with Crippen LogP contribution in [0.5, 0.6) is 0 Å². The van der Waals surface area contributed by atoms with E-state index in [4.69, 9.17) is 0 Å². The smallest absolute Gasteiger partial charge is 0.287 e. The van der Waals surface area contributed by atoms with E-state index in [1.807, 2.05) is 0 Å². The van der Waals surface area contributed by atoms with Gasteiger partial charge in [-0.2, -0.15) is 0 Å². The second kappa shape index (κ2) is 9.54. The highest BCUT2D eigenvalue weighted by Gasteiger charge is 2.14. The number of hydrogen-bond acceptors (Lipinski definition) is 4. The van der Waals surface area contributed by atoms with Gasteiger partial charge in [0.1, 0.15) is 5.69 Å². The highest BCUT2D eigenvalue weighted by atomic mass is 16.2. The molecule has 0 saturated heterocycles. The van der Waals surface area contributed by atoms with Gasteiger partial charge in [-0.05, 0) is 6.42 Å². The maximum Gasteiger partial charge on any atom is 0.287 e. The number of aromatic nitrogens is 2. The van der Waals surface area contributed by atoms with Crippen molar-refractivity contribution in [1.82, 2.24) is 25.9 Å². The Morgan fingerprint density at radius 1 is 1.14 bits per heavy atom. The summed E-state index contributed by atoms with van der Waals surface area (Å²) < 4.78 is 0. The molecule has 0 saturated carbocycles. The normalized spacial score (nSPS) is 10.1. The van der Waals surface area contributed by atoms with E-state index in [1.165, 1.54) is 13.2 Å². The lowest BCUT2D eigenvalue weighted by atomic mass is 10.2. The summed E-state index contributed by atoms with van der Waals surface area (Å²) in [7, 11) is 1.48. The maximum absolute atomic E-state index is 11.8. The van der Waals surface area contributed by atoms with Crippen LogP contribution in [0.25, 0.3) is 0 Å². The molecule has 8 nitrogen and oxygen atoms in total. The molecule has 4 N–H and O–H groups in total.